The Morgan fingerprint density at radius 3 is 2.64 bits per heavy atom. The lowest BCUT2D eigenvalue weighted by Gasteiger charge is -2.13. The summed E-state index contributed by atoms with van der Waals surface area (Å²) in [5.41, 5.74) is 0.0436. The molecule has 0 aromatic heterocycles. The molecule has 1 aliphatic rings. The van der Waals surface area contributed by atoms with Crippen LogP contribution in [0.4, 0.5) is 8.78 Å². The van der Waals surface area contributed by atoms with Crippen molar-refractivity contribution >= 4 is 11.7 Å². The molecule has 1 heterocycles. The molecule has 7 heteroatoms. The number of ketones is 1. The largest absolute Gasteiger partial charge is 0.391 e. The SMILES string of the molecule is O=C(CCC(=O)c1ccc(F)c(F)c1)NCC1CNCC1O. The standard InChI is InChI=1S/C15H18F2N2O3/c16-11-2-1-9(5-12(11)17)13(20)3-4-15(22)19-7-10-6-18-8-14(10)21/h1-2,5,10,14,18,21H,3-4,6-8H2,(H,19,22). The smallest absolute Gasteiger partial charge is 0.220 e. The van der Waals surface area contributed by atoms with Crippen LogP contribution in [0.25, 0.3) is 0 Å². The van der Waals surface area contributed by atoms with Crippen LogP contribution in [0.1, 0.15) is 23.2 Å². The zero-order valence-corrected chi connectivity index (χ0v) is 11.9. The first-order valence-electron chi connectivity index (χ1n) is 7.11. The fourth-order valence-electron chi connectivity index (χ4n) is 2.30. The molecule has 0 bridgehead atoms. The normalized spacial score (nSPS) is 20.9. The van der Waals surface area contributed by atoms with Gasteiger partial charge in [0.25, 0.3) is 0 Å². The number of rotatable bonds is 6. The molecule has 1 aliphatic heterocycles. The number of nitrogens with one attached hydrogen (secondary N) is 2. The Morgan fingerprint density at radius 1 is 1.23 bits per heavy atom. The molecule has 0 spiro atoms. The number of aliphatic hydroxyl groups is 1. The second kappa shape index (κ2) is 7.42. The van der Waals surface area contributed by atoms with Crippen LogP contribution in [0, 0.1) is 17.6 Å². The average molecular weight is 312 g/mol. The maximum atomic E-state index is 13.0. The number of β-amino-alcohol motifs (C(OH)–C–C–N with tert-alkyl or cyclic N) is 1. The molecule has 22 heavy (non-hydrogen) atoms. The Hall–Kier alpha value is -1.86. The molecule has 5 nitrogen and oxygen atoms in total. The van der Waals surface area contributed by atoms with E-state index in [0.29, 0.717) is 19.6 Å². The number of Topliss-reactive ketones (excluding diaryl/α,β-unsaturated/α-hetero) is 1. The van der Waals surface area contributed by atoms with Crippen LogP contribution >= 0.6 is 0 Å². The Morgan fingerprint density at radius 2 is 2.00 bits per heavy atom. The van der Waals surface area contributed by atoms with E-state index in [4.69, 9.17) is 0 Å². The van der Waals surface area contributed by atoms with Gasteiger partial charge in [0.05, 0.1) is 6.10 Å². The molecule has 3 N–H and O–H groups in total. The molecular weight excluding hydrogens is 294 g/mol. The third-order valence-corrected chi connectivity index (χ3v) is 3.69. The monoisotopic (exact) mass is 312 g/mol. The third-order valence-electron chi connectivity index (χ3n) is 3.69. The van der Waals surface area contributed by atoms with E-state index in [1.165, 1.54) is 6.07 Å². The Labute approximate surface area is 126 Å². The van der Waals surface area contributed by atoms with Crippen molar-refractivity contribution in [3.63, 3.8) is 0 Å². The van der Waals surface area contributed by atoms with Crippen molar-refractivity contribution in [3.8, 4) is 0 Å². The number of carbonyl (C=O) groups excluding carboxylic acids is 2. The minimum absolute atomic E-state index is 0.0337. The first-order valence-corrected chi connectivity index (χ1v) is 7.11. The van der Waals surface area contributed by atoms with Crippen LogP contribution < -0.4 is 10.6 Å². The molecule has 1 fully saturated rings. The summed E-state index contributed by atoms with van der Waals surface area (Å²) < 4.78 is 25.8. The average Bonchev–Trinajstić information content (AvgIpc) is 2.90. The minimum Gasteiger partial charge on any atom is -0.391 e. The summed E-state index contributed by atoms with van der Waals surface area (Å²) in [4.78, 5) is 23.5. The molecule has 2 atom stereocenters. The van der Waals surface area contributed by atoms with Crippen molar-refractivity contribution in [3.05, 3.63) is 35.4 Å². The highest BCUT2D eigenvalue weighted by Crippen LogP contribution is 2.12. The van der Waals surface area contributed by atoms with Crippen LogP contribution in [0.2, 0.25) is 0 Å². The van der Waals surface area contributed by atoms with Gasteiger partial charge in [-0.1, -0.05) is 0 Å². The van der Waals surface area contributed by atoms with Gasteiger partial charge in [0.15, 0.2) is 17.4 Å². The lowest BCUT2D eigenvalue weighted by atomic mass is 10.1. The van der Waals surface area contributed by atoms with Gasteiger partial charge in [-0.15, -0.1) is 0 Å². The summed E-state index contributed by atoms with van der Waals surface area (Å²) >= 11 is 0. The quantitative estimate of drug-likeness (QED) is 0.673. The second-order valence-electron chi connectivity index (χ2n) is 5.34. The number of amides is 1. The van der Waals surface area contributed by atoms with E-state index in [0.717, 1.165) is 12.1 Å². The summed E-state index contributed by atoms with van der Waals surface area (Å²) in [5.74, 6) is -2.87. The molecule has 1 amide bonds. The maximum Gasteiger partial charge on any atom is 0.220 e. The van der Waals surface area contributed by atoms with Crippen LogP contribution in [-0.2, 0) is 4.79 Å². The lowest BCUT2D eigenvalue weighted by molar-refractivity contribution is -0.121. The number of carbonyl (C=O) groups is 2. The van der Waals surface area contributed by atoms with E-state index in [1.807, 2.05) is 0 Å². The van der Waals surface area contributed by atoms with Gasteiger partial charge >= 0.3 is 0 Å². The van der Waals surface area contributed by atoms with Gasteiger partial charge < -0.3 is 15.7 Å². The number of hydrogen-bond donors (Lipinski definition) is 3. The maximum absolute atomic E-state index is 13.0. The molecule has 0 saturated carbocycles. The van der Waals surface area contributed by atoms with E-state index in [1.54, 1.807) is 0 Å². The van der Waals surface area contributed by atoms with Crippen molar-refractivity contribution in [2.24, 2.45) is 5.92 Å². The summed E-state index contributed by atoms with van der Waals surface area (Å²) in [6, 6.07) is 2.91. The second-order valence-corrected chi connectivity index (χ2v) is 5.34. The lowest BCUT2D eigenvalue weighted by Crippen LogP contribution is -2.34. The number of aliphatic hydroxyl groups excluding tert-OH is 1. The van der Waals surface area contributed by atoms with Crippen LogP contribution in [-0.4, -0.2) is 42.5 Å². The summed E-state index contributed by atoms with van der Waals surface area (Å²) in [6.07, 6.45) is -0.597. The third kappa shape index (κ3) is 4.32. The van der Waals surface area contributed by atoms with E-state index in [2.05, 4.69) is 10.6 Å². The van der Waals surface area contributed by atoms with E-state index in [-0.39, 0.29) is 30.2 Å². The van der Waals surface area contributed by atoms with Gasteiger partial charge in [-0.2, -0.15) is 0 Å². The Bertz CT molecular complexity index is 566. The first-order chi connectivity index (χ1) is 10.5. The van der Waals surface area contributed by atoms with Crippen LogP contribution in [0.3, 0.4) is 0 Å². The van der Waals surface area contributed by atoms with E-state index in [9.17, 15) is 23.5 Å². The van der Waals surface area contributed by atoms with E-state index >= 15 is 0 Å². The van der Waals surface area contributed by atoms with Crippen molar-refractivity contribution < 1.29 is 23.5 Å². The summed E-state index contributed by atoms with van der Waals surface area (Å²) in [5, 5.41) is 15.2. The Balaban J connectivity index is 1.75. The van der Waals surface area contributed by atoms with Crippen molar-refractivity contribution in [2.75, 3.05) is 19.6 Å². The van der Waals surface area contributed by atoms with Gasteiger partial charge in [0, 0.05) is 44.0 Å². The molecule has 2 rings (SSSR count). The van der Waals surface area contributed by atoms with Gasteiger partial charge in [-0.3, -0.25) is 9.59 Å². The summed E-state index contributed by atoms with van der Waals surface area (Å²) in [6.45, 7) is 1.48. The molecule has 1 aromatic carbocycles. The van der Waals surface area contributed by atoms with Crippen molar-refractivity contribution in [1.29, 1.82) is 0 Å². The molecule has 1 saturated heterocycles. The summed E-state index contributed by atoms with van der Waals surface area (Å²) in [7, 11) is 0. The molecule has 1 aromatic rings. The predicted molar refractivity (Wildman–Crippen MR) is 75.3 cm³/mol. The zero-order valence-electron chi connectivity index (χ0n) is 11.9. The topological polar surface area (TPSA) is 78.4 Å². The van der Waals surface area contributed by atoms with Gasteiger partial charge in [0.2, 0.25) is 5.91 Å². The van der Waals surface area contributed by atoms with Gasteiger partial charge in [0.1, 0.15) is 0 Å². The number of benzene rings is 1. The number of halogens is 2. The molecule has 0 radical (unpaired) electrons. The van der Waals surface area contributed by atoms with Crippen LogP contribution in [0.15, 0.2) is 18.2 Å². The van der Waals surface area contributed by atoms with Gasteiger partial charge in [-0.25, -0.2) is 8.78 Å². The van der Waals surface area contributed by atoms with Crippen molar-refractivity contribution in [2.45, 2.75) is 18.9 Å². The van der Waals surface area contributed by atoms with E-state index < -0.39 is 23.5 Å². The first kappa shape index (κ1) is 16.5. The highest BCUT2D eigenvalue weighted by molar-refractivity contribution is 5.97. The highest BCUT2D eigenvalue weighted by atomic mass is 19.2. The fourth-order valence-corrected chi connectivity index (χ4v) is 2.30. The zero-order chi connectivity index (χ0) is 16.1. The fraction of sp³-hybridized carbons (Fsp3) is 0.467. The molecular formula is C15H18F2N2O3. The highest BCUT2D eigenvalue weighted by Gasteiger charge is 2.25. The van der Waals surface area contributed by atoms with Gasteiger partial charge in [-0.05, 0) is 18.2 Å². The number of hydrogen-bond acceptors (Lipinski definition) is 4. The molecule has 120 valence electrons. The van der Waals surface area contributed by atoms with Crippen molar-refractivity contribution in [1.82, 2.24) is 10.6 Å². The molecule has 0 aliphatic carbocycles. The van der Waals surface area contributed by atoms with Crippen LogP contribution in [0.5, 0.6) is 0 Å². The predicted octanol–water partition coefficient (Wildman–Crippen LogP) is 0.624. The minimum atomic E-state index is -1.09. The Kier molecular flexibility index (Phi) is 5.57. The molecule has 2 unspecified atom stereocenters.